The minimum Gasteiger partial charge on any atom is -0.493 e. The van der Waals surface area contributed by atoms with Gasteiger partial charge in [-0.3, -0.25) is 4.79 Å². The van der Waals surface area contributed by atoms with Crippen molar-refractivity contribution in [1.29, 1.82) is 0 Å². The van der Waals surface area contributed by atoms with Crippen LogP contribution in [0, 0.1) is 0 Å². The van der Waals surface area contributed by atoms with E-state index in [1.165, 1.54) is 6.08 Å². The number of carbonyl (C=O) groups excluding carboxylic acids is 1. The summed E-state index contributed by atoms with van der Waals surface area (Å²) in [6, 6.07) is 11.9. The first-order valence-electron chi connectivity index (χ1n) is 9.90. The summed E-state index contributed by atoms with van der Waals surface area (Å²) in [5, 5.41) is 2.78. The van der Waals surface area contributed by atoms with Gasteiger partial charge in [-0.05, 0) is 54.3 Å². The maximum absolute atomic E-state index is 12.2. The Balaban J connectivity index is 1.53. The molecule has 3 rings (SSSR count). The molecule has 164 valence electrons. The lowest BCUT2D eigenvalue weighted by molar-refractivity contribution is -0.116. The summed E-state index contributed by atoms with van der Waals surface area (Å²) < 4.78 is 37.8. The topological polar surface area (TPSA) is 93.7 Å². The summed E-state index contributed by atoms with van der Waals surface area (Å²) in [6.07, 6.45) is 6.52. The van der Waals surface area contributed by atoms with Crippen molar-refractivity contribution in [2.45, 2.75) is 30.3 Å². The lowest BCUT2D eigenvalue weighted by Gasteiger charge is -2.09. The highest BCUT2D eigenvalue weighted by Gasteiger charge is 2.27. The summed E-state index contributed by atoms with van der Waals surface area (Å²) in [5.41, 5.74) is 1.59. The van der Waals surface area contributed by atoms with Crippen LogP contribution in [0.3, 0.4) is 0 Å². The van der Waals surface area contributed by atoms with E-state index in [2.05, 4.69) is 16.6 Å². The van der Waals surface area contributed by atoms with Gasteiger partial charge in [0.2, 0.25) is 15.9 Å². The van der Waals surface area contributed by atoms with Crippen LogP contribution in [0.25, 0.3) is 6.08 Å². The standard InChI is InChI=1S/C23H26N2O5S/c1-3-14-30-21-12-6-17(15-22(21)29-2)7-13-23(26)24-16-18-4-10-20(11-5-18)31(27,28)25-19-8-9-19/h3-7,10-13,15,19,25H,1,8-9,14,16H2,2H3,(H,24,26). The third kappa shape index (κ3) is 6.70. The molecule has 31 heavy (non-hydrogen) atoms. The lowest BCUT2D eigenvalue weighted by Crippen LogP contribution is -2.25. The van der Waals surface area contributed by atoms with Gasteiger partial charge in [-0.15, -0.1) is 0 Å². The highest BCUT2D eigenvalue weighted by Crippen LogP contribution is 2.28. The van der Waals surface area contributed by atoms with E-state index < -0.39 is 10.0 Å². The number of hydrogen-bond acceptors (Lipinski definition) is 5. The van der Waals surface area contributed by atoms with E-state index in [0.717, 1.165) is 24.0 Å². The van der Waals surface area contributed by atoms with Gasteiger partial charge in [0.15, 0.2) is 11.5 Å². The largest absolute Gasteiger partial charge is 0.493 e. The molecule has 8 heteroatoms. The number of benzene rings is 2. The van der Waals surface area contributed by atoms with E-state index in [9.17, 15) is 13.2 Å². The van der Waals surface area contributed by atoms with Gasteiger partial charge in [-0.1, -0.05) is 30.9 Å². The summed E-state index contributed by atoms with van der Waals surface area (Å²) in [6.45, 7) is 4.28. The molecule has 1 aliphatic rings. The molecule has 0 spiro atoms. The zero-order chi connectivity index (χ0) is 22.3. The predicted molar refractivity (Wildman–Crippen MR) is 119 cm³/mol. The summed E-state index contributed by atoms with van der Waals surface area (Å²) in [4.78, 5) is 12.4. The lowest BCUT2D eigenvalue weighted by atomic mass is 10.2. The van der Waals surface area contributed by atoms with Gasteiger partial charge >= 0.3 is 0 Å². The Bertz CT molecular complexity index is 1060. The molecular weight excluding hydrogens is 416 g/mol. The Labute approximate surface area is 182 Å². The van der Waals surface area contributed by atoms with Crippen LogP contribution in [0.15, 0.2) is 66.1 Å². The van der Waals surface area contributed by atoms with Crippen molar-refractivity contribution in [3.8, 4) is 11.5 Å². The molecule has 2 aromatic rings. The molecule has 0 atom stereocenters. The maximum Gasteiger partial charge on any atom is 0.244 e. The first-order valence-corrected chi connectivity index (χ1v) is 11.4. The zero-order valence-corrected chi connectivity index (χ0v) is 18.2. The Kier molecular flexibility index (Phi) is 7.49. The van der Waals surface area contributed by atoms with Gasteiger partial charge < -0.3 is 14.8 Å². The number of carbonyl (C=O) groups is 1. The number of nitrogens with one attached hydrogen (secondary N) is 2. The summed E-state index contributed by atoms with van der Waals surface area (Å²) >= 11 is 0. The van der Waals surface area contributed by atoms with E-state index >= 15 is 0 Å². The normalized spacial score (nSPS) is 13.7. The van der Waals surface area contributed by atoms with E-state index in [-0.39, 0.29) is 23.4 Å². The van der Waals surface area contributed by atoms with Gasteiger partial charge in [-0.2, -0.15) is 0 Å². The average Bonchev–Trinajstić information content (AvgIpc) is 3.58. The van der Waals surface area contributed by atoms with Crippen LogP contribution in [0.2, 0.25) is 0 Å². The molecule has 0 heterocycles. The van der Waals surface area contributed by atoms with Crippen LogP contribution in [-0.4, -0.2) is 34.1 Å². The Hall–Kier alpha value is -3.10. The molecule has 1 amide bonds. The molecule has 0 radical (unpaired) electrons. The van der Waals surface area contributed by atoms with Crippen LogP contribution < -0.4 is 19.5 Å². The second-order valence-electron chi connectivity index (χ2n) is 7.10. The number of sulfonamides is 1. The Morgan fingerprint density at radius 2 is 1.90 bits per heavy atom. The van der Waals surface area contributed by atoms with Gasteiger partial charge in [-0.25, -0.2) is 13.1 Å². The zero-order valence-electron chi connectivity index (χ0n) is 17.3. The third-order valence-corrected chi connectivity index (χ3v) is 6.11. The molecule has 2 N–H and O–H groups in total. The number of methoxy groups -OCH3 is 1. The smallest absolute Gasteiger partial charge is 0.244 e. The van der Waals surface area contributed by atoms with Gasteiger partial charge in [0.1, 0.15) is 6.61 Å². The second kappa shape index (κ2) is 10.3. The Morgan fingerprint density at radius 3 is 2.55 bits per heavy atom. The summed E-state index contributed by atoms with van der Waals surface area (Å²) in [5.74, 6) is 0.899. The molecule has 1 fully saturated rings. The minimum atomic E-state index is -3.47. The molecule has 0 saturated heterocycles. The Morgan fingerprint density at radius 1 is 1.16 bits per heavy atom. The predicted octanol–water partition coefficient (Wildman–Crippen LogP) is 3.03. The van der Waals surface area contributed by atoms with Crippen LogP contribution >= 0.6 is 0 Å². The van der Waals surface area contributed by atoms with Crippen LogP contribution in [0.1, 0.15) is 24.0 Å². The number of rotatable bonds is 11. The van der Waals surface area contributed by atoms with Crippen LogP contribution in [0.4, 0.5) is 0 Å². The first-order chi connectivity index (χ1) is 14.9. The van der Waals surface area contributed by atoms with Crippen LogP contribution in [0.5, 0.6) is 11.5 Å². The molecule has 1 aliphatic carbocycles. The third-order valence-electron chi connectivity index (χ3n) is 4.57. The van der Waals surface area contributed by atoms with Gasteiger partial charge in [0.25, 0.3) is 0 Å². The van der Waals surface area contributed by atoms with Crippen molar-refractivity contribution >= 4 is 22.0 Å². The fraction of sp³-hybridized carbons (Fsp3) is 0.261. The number of hydrogen-bond donors (Lipinski definition) is 2. The van der Waals surface area contributed by atoms with Gasteiger partial charge in [0.05, 0.1) is 12.0 Å². The first kappa shape index (κ1) is 22.6. The van der Waals surface area contributed by atoms with Crippen molar-refractivity contribution in [2.24, 2.45) is 0 Å². The fourth-order valence-corrected chi connectivity index (χ4v) is 4.06. The second-order valence-corrected chi connectivity index (χ2v) is 8.81. The van der Waals surface area contributed by atoms with Crippen molar-refractivity contribution in [1.82, 2.24) is 10.0 Å². The van der Waals surface area contributed by atoms with E-state index in [0.29, 0.717) is 18.1 Å². The molecular formula is C23H26N2O5S. The highest BCUT2D eigenvalue weighted by molar-refractivity contribution is 7.89. The SMILES string of the molecule is C=CCOc1ccc(C=CC(=O)NCc2ccc(S(=O)(=O)NC3CC3)cc2)cc1OC. The molecule has 7 nitrogen and oxygen atoms in total. The number of amides is 1. The molecule has 2 aromatic carbocycles. The molecule has 0 aliphatic heterocycles. The van der Waals surface area contributed by atoms with E-state index in [1.807, 2.05) is 6.07 Å². The average molecular weight is 443 g/mol. The minimum absolute atomic E-state index is 0.0617. The number of ether oxygens (including phenoxy) is 2. The highest BCUT2D eigenvalue weighted by atomic mass is 32.2. The maximum atomic E-state index is 12.2. The van der Waals surface area contributed by atoms with Crippen molar-refractivity contribution in [3.63, 3.8) is 0 Å². The monoisotopic (exact) mass is 442 g/mol. The van der Waals surface area contributed by atoms with Gasteiger partial charge in [0, 0.05) is 18.7 Å². The van der Waals surface area contributed by atoms with Crippen LogP contribution in [-0.2, 0) is 21.4 Å². The van der Waals surface area contributed by atoms with E-state index in [4.69, 9.17) is 9.47 Å². The molecule has 1 saturated carbocycles. The van der Waals surface area contributed by atoms with Crippen molar-refractivity contribution < 1.29 is 22.7 Å². The quantitative estimate of drug-likeness (QED) is 0.412. The molecule has 0 unspecified atom stereocenters. The van der Waals surface area contributed by atoms with Crippen molar-refractivity contribution in [3.05, 3.63) is 72.3 Å². The fourth-order valence-electron chi connectivity index (χ4n) is 2.75. The van der Waals surface area contributed by atoms with E-state index in [1.54, 1.807) is 55.7 Å². The molecule has 0 aromatic heterocycles. The molecule has 0 bridgehead atoms. The van der Waals surface area contributed by atoms with Crippen molar-refractivity contribution in [2.75, 3.05) is 13.7 Å². The summed E-state index contributed by atoms with van der Waals surface area (Å²) in [7, 11) is -1.92.